The number of nitrogens with zero attached hydrogens (tertiary/aromatic N) is 4. The molecule has 2 N–H and O–H groups in total. The average molecular weight is 451 g/mol. The fraction of sp³-hybridized carbons (Fsp3) is 0.182. The first-order valence-corrected chi connectivity index (χ1v) is 11.6. The Morgan fingerprint density at radius 2 is 1.97 bits per heavy atom. The van der Waals surface area contributed by atoms with Crippen molar-refractivity contribution in [3.05, 3.63) is 71.4 Å². The van der Waals surface area contributed by atoms with Crippen LogP contribution >= 0.6 is 23.1 Å². The highest BCUT2D eigenvalue weighted by Gasteiger charge is 2.12. The summed E-state index contributed by atoms with van der Waals surface area (Å²) in [6, 6.07) is 17.8. The lowest BCUT2D eigenvalue weighted by Gasteiger charge is -2.06. The zero-order valence-corrected chi connectivity index (χ0v) is 18.8. The molecule has 0 radical (unpaired) electrons. The molecule has 158 valence electrons. The van der Waals surface area contributed by atoms with Gasteiger partial charge in [0.25, 0.3) is 0 Å². The van der Waals surface area contributed by atoms with Crippen molar-refractivity contribution in [3.63, 3.8) is 0 Å². The molecule has 0 atom stereocenters. The summed E-state index contributed by atoms with van der Waals surface area (Å²) in [6.07, 6.45) is 0. The molecule has 2 heterocycles. The second kappa shape index (κ2) is 9.76. The molecule has 0 fully saturated rings. The molecular weight excluding hydrogens is 428 g/mol. The summed E-state index contributed by atoms with van der Waals surface area (Å²) in [5.74, 6) is 0.966. The third-order valence-electron chi connectivity index (χ3n) is 4.53. The Hall–Kier alpha value is -3.17. The molecule has 0 aliphatic rings. The van der Waals surface area contributed by atoms with Crippen LogP contribution in [0.1, 0.15) is 11.4 Å². The largest absolute Gasteiger partial charge is 0.354 e. The second-order valence-corrected chi connectivity index (χ2v) is 8.72. The van der Waals surface area contributed by atoms with Crippen LogP contribution in [0.3, 0.4) is 0 Å². The summed E-state index contributed by atoms with van der Waals surface area (Å²) in [7, 11) is 1.90. The van der Waals surface area contributed by atoms with Crippen LogP contribution in [0, 0.1) is 6.92 Å². The fourth-order valence-corrected chi connectivity index (χ4v) is 4.37. The number of nitrogens with one attached hydrogen (secondary N) is 2. The molecule has 0 aliphatic carbocycles. The number of aryl methyl sites for hydroxylation is 1. The van der Waals surface area contributed by atoms with Gasteiger partial charge in [-0.1, -0.05) is 54.2 Å². The lowest BCUT2D eigenvalue weighted by Crippen LogP contribution is -2.14. The predicted octanol–water partition coefficient (Wildman–Crippen LogP) is 4.59. The molecule has 0 saturated carbocycles. The second-order valence-electron chi connectivity index (χ2n) is 6.92. The van der Waals surface area contributed by atoms with E-state index in [9.17, 15) is 4.79 Å². The number of benzene rings is 2. The molecule has 0 unspecified atom stereocenters. The molecule has 0 bridgehead atoms. The zero-order chi connectivity index (χ0) is 21.6. The average Bonchev–Trinajstić information content (AvgIpc) is 3.38. The minimum Gasteiger partial charge on any atom is -0.354 e. The van der Waals surface area contributed by atoms with Crippen molar-refractivity contribution in [2.75, 3.05) is 16.4 Å². The molecule has 4 aromatic rings. The van der Waals surface area contributed by atoms with Gasteiger partial charge in [0.1, 0.15) is 0 Å². The topological polar surface area (TPSA) is 84.7 Å². The van der Waals surface area contributed by atoms with E-state index < -0.39 is 0 Å². The Bertz CT molecular complexity index is 1170. The first kappa shape index (κ1) is 21.1. The van der Waals surface area contributed by atoms with E-state index in [1.54, 1.807) is 11.3 Å². The number of carbonyl (C=O) groups excluding carboxylic acids is 1. The van der Waals surface area contributed by atoms with Crippen LogP contribution < -0.4 is 10.6 Å². The quantitative estimate of drug-likeness (QED) is 0.382. The van der Waals surface area contributed by atoms with Crippen molar-refractivity contribution < 1.29 is 4.79 Å². The number of amides is 1. The highest BCUT2D eigenvalue weighted by atomic mass is 32.2. The molecule has 0 aliphatic heterocycles. The van der Waals surface area contributed by atoms with Crippen LogP contribution in [0.5, 0.6) is 0 Å². The van der Waals surface area contributed by atoms with Crippen molar-refractivity contribution in [1.29, 1.82) is 0 Å². The minimum atomic E-state index is -0.0745. The van der Waals surface area contributed by atoms with Gasteiger partial charge in [-0.2, -0.15) is 0 Å². The summed E-state index contributed by atoms with van der Waals surface area (Å²) in [6.45, 7) is 2.50. The minimum absolute atomic E-state index is 0.0745. The third-order valence-corrected chi connectivity index (χ3v) is 6.35. The van der Waals surface area contributed by atoms with E-state index >= 15 is 0 Å². The standard InChI is InChI=1S/C22H22N6OS2/c1-15-7-6-10-17(11-15)24-20(29)14-31-22-27-26-19(28(22)2)12-23-21-25-18(13-30-21)16-8-4-3-5-9-16/h3-11,13H,12,14H2,1-2H3,(H,23,25)(H,24,29). The van der Waals surface area contributed by atoms with Crippen molar-refractivity contribution in [2.45, 2.75) is 18.6 Å². The van der Waals surface area contributed by atoms with E-state index in [1.807, 2.05) is 78.5 Å². The Morgan fingerprint density at radius 1 is 1.13 bits per heavy atom. The Balaban J connectivity index is 1.30. The van der Waals surface area contributed by atoms with Crippen molar-refractivity contribution in [3.8, 4) is 11.3 Å². The van der Waals surface area contributed by atoms with E-state index in [4.69, 9.17) is 0 Å². The highest BCUT2D eigenvalue weighted by Crippen LogP contribution is 2.25. The number of hydrogen-bond acceptors (Lipinski definition) is 7. The van der Waals surface area contributed by atoms with Gasteiger partial charge in [-0.3, -0.25) is 4.79 Å². The van der Waals surface area contributed by atoms with Gasteiger partial charge in [0.05, 0.1) is 18.0 Å². The van der Waals surface area contributed by atoms with Gasteiger partial charge in [-0.25, -0.2) is 4.98 Å². The number of rotatable bonds is 8. The van der Waals surface area contributed by atoms with Gasteiger partial charge < -0.3 is 15.2 Å². The lowest BCUT2D eigenvalue weighted by molar-refractivity contribution is -0.113. The molecule has 0 saturated heterocycles. The van der Waals surface area contributed by atoms with E-state index in [0.29, 0.717) is 11.7 Å². The molecule has 2 aromatic heterocycles. The molecule has 0 spiro atoms. The monoisotopic (exact) mass is 450 g/mol. The van der Waals surface area contributed by atoms with E-state index in [-0.39, 0.29) is 11.7 Å². The summed E-state index contributed by atoms with van der Waals surface area (Å²) in [5.41, 5.74) is 3.94. The van der Waals surface area contributed by atoms with Crippen LogP contribution in [-0.2, 0) is 18.4 Å². The summed E-state index contributed by atoms with van der Waals surface area (Å²) in [4.78, 5) is 16.9. The van der Waals surface area contributed by atoms with E-state index in [2.05, 4.69) is 25.8 Å². The van der Waals surface area contributed by atoms with Crippen molar-refractivity contribution >= 4 is 39.8 Å². The van der Waals surface area contributed by atoms with Gasteiger partial charge in [0, 0.05) is 23.7 Å². The number of aromatic nitrogens is 4. The SMILES string of the molecule is Cc1cccc(NC(=O)CSc2nnc(CNc3nc(-c4ccccc4)cs3)n2C)c1. The van der Waals surface area contributed by atoms with Gasteiger partial charge in [0.2, 0.25) is 5.91 Å². The maximum absolute atomic E-state index is 12.2. The third kappa shape index (κ3) is 5.50. The van der Waals surface area contributed by atoms with Crippen LogP contribution in [0.25, 0.3) is 11.3 Å². The highest BCUT2D eigenvalue weighted by molar-refractivity contribution is 7.99. The van der Waals surface area contributed by atoms with Crippen LogP contribution in [0.15, 0.2) is 65.1 Å². The fourth-order valence-electron chi connectivity index (χ4n) is 2.93. The zero-order valence-electron chi connectivity index (χ0n) is 17.2. The first-order chi connectivity index (χ1) is 15.1. The van der Waals surface area contributed by atoms with E-state index in [1.165, 1.54) is 11.8 Å². The Morgan fingerprint density at radius 3 is 2.77 bits per heavy atom. The Kier molecular flexibility index (Phi) is 6.63. The normalized spacial score (nSPS) is 10.8. The van der Waals surface area contributed by atoms with Gasteiger partial charge in [0.15, 0.2) is 16.1 Å². The molecule has 9 heteroatoms. The molecular formula is C22H22N6OS2. The maximum Gasteiger partial charge on any atom is 0.234 e. The van der Waals surface area contributed by atoms with Crippen LogP contribution in [0.4, 0.5) is 10.8 Å². The molecule has 2 aromatic carbocycles. The number of thioether (sulfide) groups is 1. The summed E-state index contributed by atoms with van der Waals surface area (Å²) >= 11 is 2.91. The van der Waals surface area contributed by atoms with E-state index in [0.717, 1.165) is 33.5 Å². The molecule has 4 rings (SSSR count). The molecule has 31 heavy (non-hydrogen) atoms. The maximum atomic E-state index is 12.2. The summed E-state index contributed by atoms with van der Waals surface area (Å²) < 4.78 is 1.89. The van der Waals surface area contributed by atoms with Crippen LogP contribution in [-0.4, -0.2) is 31.4 Å². The smallest absolute Gasteiger partial charge is 0.234 e. The number of carbonyl (C=O) groups is 1. The Labute approximate surface area is 188 Å². The van der Waals surface area contributed by atoms with Gasteiger partial charge >= 0.3 is 0 Å². The van der Waals surface area contributed by atoms with Gasteiger partial charge in [-0.15, -0.1) is 21.5 Å². The molecule has 7 nitrogen and oxygen atoms in total. The van der Waals surface area contributed by atoms with Crippen molar-refractivity contribution in [1.82, 2.24) is 19.7 Å². The summed E-state index contributed by atoms with van der Waals surface area (Å²) in [5, 5.41) is 18.2. The lowest BCUT2D eigenvalue weighted by atomic mass is 10.2. The number of thiazole rings is 1. The predicted molar refractivity (Wildman–Crippen MR) is 126 cm³/mol. The molecule has 1 amide bonds. The van der Waals surface area contributed by atoms with Crippen molar-refractivity contribution in [2.24, 2.45) is 7.05 Å². The number of anilines is 2. The van der Waals surface area contributed by atoms with Crippen LogP contribution in [0.2, 0.25) is 0 Å². The van der Waals surface area contributed by atoms with Gasteiger partial charge in [-0.05, 0) is 24.6 Å². The number of hydrogen-bond donors (Lipinski definition) is 2. The first-order valence-electron chi connectivity index (χ1n) is 9.71.